The van der Waals surface area contributed by atoms with E-state index >= 15 is 0 Å². The van der Waals surface area contributed by atoms with E-state index in [0.29, 0.717) is 48.8 Å². The van der Waals surface area contributed by atoms with Gasteiger partial charge in [-0.3, -0.25) is 4.79 Å². The van der Waals surface area contributed by atoms with E-state index in [-0.39, 0.29) is 18.2 Å². The summed E-state index contributed by atoms with van der Waals surface area (Å²) < 4.78 is 10.4. The first-order valence-corrected chi connectivity index (χ1v) is 9.69. The number of hydrogen-bond donors (Lipinski definition) is 0. The van der Waals surface area contributed by atoms with Crippen LogP contribution in [0.1, 0.15) is 34.4 Å². The van der Waals surface area contributed by atoms with E-state index in [9.17, 15) is 9.59 Å². The molecule has 8 heteroatoms. The van der Waals surface area contributed by atoms with Gasteiger partial charge in [0.05, 0.1) is 23.9 Å². The van der Waals surface area contributed by atoms with Gasteiger partial charge in [-0.25, -0.2) is 14.8 Å². The first-order chi connectivity index (χ1) is 14.2. The Morgan fingerprint density at radius 3 is 2.55 bits per heavy atom. The number of nitrogens with zero attached hydrogens (tertiary/aromatic N) is 4. The SMILES string of the molecule is CCOC(=O)c1nc2ccccc2nc1N1CCCN(C(=O)c2ccco2)CC1. The van der Waals surface area contributed by atoms with Crippen LogP contribution >= 0.6 is 0 Å². The van der Waals surface area contributed by atoms with E-state index in [1.54, 1.807) is 24.0 Å². The fraction of sp³-hybridized carbons (Fsp3) is 0.333. The van der Waals surface area contributed by atoms with Crippen LogP contribution in [0.4, 0.5) is 5.82 Å². The molecule has 150 valence electrons. The second-order valence-corrected chi connectivity index (χ2v) is 6.72. The Morgan fingerprint density at radius 2 is 1.83 bits per heavy atom. The molecule has 0 radical (unpaired) electrons. The van der Waals surface area contributed by atoms with Crippen molar-refractivity contribution >= 4 is 28.7 Å². The van der Waals surface area contributed by atoms with Crippen molar-refractivity contribution < 1.29 is 18.7 Å². The standard InChI is InChI=1S/C21H22N4O4/c1-2-28-21(27)18-19(23-16-8-4-3-7-15(16)22-18)24-10-6-11-25(13-12-24)20(26)17-9-5-14-29-17/h3-5,7-9,14H,2,6,10-13H2,1H3. The van der Waals surface area contributed by atoms with Crippen LogP contribution in [0.15, 0.2) is 47.1 Å². The topological polar surface area (TPSA) is 88.8 Å². The molecule has 4 rings (SSSR count). The van der Waals surface area contributed by atoms with Gasteiger partial charge in [0, 0.05) is 26.2 Å². The van der Waals surface area contributed by atoms with E-state index in [0.717, 1.165) is 6.42 Å². The lowest BCUT2D eigenvalue weighted by molar-refractivity contribution is 0.0520. The summed E-state index contributed by atoms with van der Waals surface area (Å²) in [5, 5.41) is 0. The molecule has 1 saturated heterocycles. The molecule has 3 heterocycles. The molecule has 0 N–H and O–H groups in total. The zero-order chi connectivity index (χ0) is 20.2. The number of rotatable bonds is 4. The highest BCUT2D eigenvalue weighted by molar-refractivity contribution is 5.95. The van der Waals surface area contributed by atoms with E-state index in [1.807, 2.05) is 29.2 Å². The average molecular weight is 394 g/mol. The van der Waals surface area contributed by atoms with E-state index in [4.69, 9.17) is 14.1 Å². The maximum atomic E-state index is 12.6. The largest absolute Gasteiger partial charge is 0.461 e. The van der Waals surface area contributed by atoms with Gasteiger partial charge < -0.3 is 19.0 Å². The quantitative estimate of drug-likeness (QED) is 0.629. The zero-order valence-electron chi connectivity index (χ0n) is 16.2. The number of furan rings is 1. The van der Waals surface area contributed by atoms with Crippen molar-refractivity contribution in [1.82, 2.24) is 14.9 Å². The summed E-state index contributed by atoms with van der Waals surface area (Å²) >= 11 is 0. The lowest BCUT2D eigenvalue weighted by atomic mass is 10.2. The highest BCUT2D eigenvalue weighted by Gasteiger charge is 2.26. The minimum absolute atomic E-state index is 0.132. The monoisotopic (exact) mass is 394 g/mol. The summed E-state index contributed by atoms with van der Waals surface area (Å²) in [6.07, 6.45) is 2.23. The Hall–Kier alpha value is -3.42. The van der Waals surface area contributed by atoms with Crippen LogP contribution in [0.2, 0.25) is 0 Å². The lowest BCUT2D eigenvalue weighted by Crippen LogP contribution is -2.35. The zero-order valence-corrected chi connectivity index (χ0v) is 16.2. The summed E-state index contributed by atoms with van der Waals surface area (Å²) in [6, 6.07) is 10.8. The van der Waals surface area contributed by atoms with Gasteiger partial charge in [-0.1, -0.05) is 12.1 Å². The second kappa shape index (κ2) is 8.30. The Balaban J connectivity index is 1.62. The van der Waals surface area contributed by atoms with Crippen LogP contribution in [0, 0.1) is 0 Å². The number of benzene rings is 1. The molecule has 3 aromatic rings. The number of fused-ring (bicyclic) bond motifs is 1. The molecule has 0 bridgehead atoms. The fourth-order valence-corrected chi connectivity index (χ4v) is 3.44. The lowest BCUT2D eigenvalue weighted by Gasteiger charge is -2.24. The van der Waals surface area contributed by atoms with E-state index in [2.05, 4.69) is 4.98 Å². The Morgan fingerprint density at radius 1 is 1.03 bits per heavy atom. The van der Waals surface area contributed by atoms with Gasteiger partial charge in [-0.05, 0) is 37.6 Å². The Labute approximate surface area is 168 Å². The number of anilines is 1. The molecule has 1 fully saturated rings. The third-order valence-electron chi connectivity index (χ3n) is 4.84. The van der Waals surface area contributed by atoms with Crippen LogP contribution in [-0.2, 0) is 4.74 Å². The van der Waals surface area contributed by atoms with Crippen LogP contribution < -0.4 is 4.90 Å². The van der Waals surface area contributed by atoms with Crippen LogP contribution in [0.5, 0.6) is 0 Å². The molecular weight excluding hydrogens is 372 g/mol. The maximum absolute atomic E-state index is 12.6. The minimum Gasteiger partial charge on any atom is -0.461 e. The number of esters is 1. The third kappa shape index (κ3) is 3.91. The molecule has 0 spiro atoms. The van der Waals surface area contributed by atoms with Gasteiger partial charge >= 0.3 is 5.97 Å². The molecule has 0 unspecified atom stereocenters. The van der Waals surface area contributed by atoms with Gasteiger partial charge in [0.1, 0.15) is 0 Å². The molecule has 2 aromatic heterocycles. The number of amides is 1. The van der Waals surface area contributed by atoms with Crippen molar-refractivity contribution in [2.24, 2.45) is 0 Å². The molecular formula is C21H22N4O4. The normalized spacial score (nSPS) is 14.7. The van der Waals surface area contributed by atoms with Crippen molar-refractivity contribution in [3.63, 3.8) is 0 Å². The van der Waals surface area contributed by atoms with Gasteiger partial charge in [0.2, 0.25) is 0 Å². The van der Waals surface area contributed by atoms with E-state index in [1.165, 1.54) is 6.26 Å². The molecule has 0 saturated carbocycles. The predicted molar refractivity (Wildman–Crippen MR) is 107 cm³/mol. The number of ether oxygens (including phenoxy) is 1. The summed E-state index contributed by atoms with van der Waals surface area (Å²) in [5.41, 5.74) is 1.56. The van der Waals surface area contributed by atoms with Crippen molar-refractivity contribution in [2.45, 2.75) is 13.3 Å². The second-order valence-electron chi connectivity index (χ2n) is 6.72. The minimum atomic E-state index is -0.492. The Bertz CT molecular complexity index is 1020. The molecule has 8 nitrogen and oxygen atoms in total. The average Bonchev–Trinajstić information content (AvgIpc) is 3.17. The highest BCUT2D eigenvalue weighted by Crippen LogP contribution is 2.23. The molecule has 0 aliphatic carbocycles. The first kappa shape index (κ1) is 18.9. The van der Waals surface area contributed by atoms with E-state index < -0.39 is 5.97 Å². The molecule has 1 aliphatic heterocycles. The predicted octanol–water partition coefficient (Wildman–Crippen LogP) is 2.75. The van der Waals surface area contributed by atoms with Crippen LogP contribution in [0.25, 0.3) is 11.0 Å². The number of aromatic nitrogens is 2. The Kier molecular flexibility index (Phi) is 5.41. The number of carbonyl (C=O) groups is 2. The summed E-state index contributed by atoms with van der Waals surface area (Å²) in [5.74, 6) is 0.200. The van der Waals surface area contributed by atoms with Crippen molar-refractivity contribution in [3.05, 3.63) is 54.1 Å². The summed E-state index contributed by atoms with van der Waals surface area (Å²) in [7, 11) is 0. The number of para-hydroxylation sites is 2. The van der Waals surface area contributed by atoms with Gasteiger partial charge in [0.15, 0.2) is 17.3 Å². The maximum Gasteiger partial charge on any atom is 0.360 e. The molecule has 1 aromatic carbocycles. The molecule has 29 heavy (non-hydrogen) atoms. The summed E-state index contributed by atoms with van der Waals surface area (Å²) in [4.78, 5) is 38.1. The fourth-order valence-electron chi connectivity index (χ4n) is 3.44. The van der Waals surface area contributed by atoms with Crippen molar-refractivity contribution in [2.75, 3.05) is 37.7 Å². The number of hydrogen-bond acceptors (Lipinski definition) is 7. The number of carbonyl (C=O) groups excluding carboxylic acids is 2. The van der Waals surface area contributed by atoms with Gasteiger partial charge in [-0.2, -0.15) is 0 Å². The van der Waals surface area contributed by atoms with Crippen molar-refractivity contribution in [1.29, 1.82) is 0 Å². The highest BCUT2D eigenvalue weighted by atomic mass is 16.5. The first-order valence-electron chi connectivity index (χ1n) is 9.69. The molecule has 1 amide bonds. The third-order valence-corrected chi connectivity index (χ3v) is 4.84. The van der Waals surface area contributed by atoms with Gasteiger partial charge in [0.25, 0.3) is 5.91 Å². The summed E-state index contributed by atoms with van der Waals surface area (Å²) in [6.45, 7) is 4.31. The van der Waals surface area contributed by atoms with Crippen LogP contribution in [0.3, 0.4) is 0 Å². The molecule has 0 atom stereocenters. The van der Waals surface area contributed by atoms with Crippen molar-refractivity contribution in [3.8, 4) is 0 Å². The molecule has 1 aliphatic rings. The van der Waals surface area contributed by atoms with Gasteiger partial charge in [-0.15, -0.1) is 0 Å². The smallest absolute Gasteiger partial charge is 0.360 e. The van der Waals surface area contributed by atoms with Crippen LogP contribution in [-0.4, -0.2) is 59.5 Å².